The maximum Gasteiger partial charge on any atom is 0.231 e. The molecule has 0 heterocycles. The summed E-state index contributed by atoms with van der Waals surface area (Å²) in [6.45, 7) is 0.387. The van der Waals surface area contributed by atoms with Gasteiger partial charge in [0.1, 0.15) is 5.82 Å². The third-order valence-corrected chi connectivity index (χ3v) is 3.04. The first-order valence-electron chi connectivity index (χ1n) is 5.93. The first kappa shape index (κ1) is 13.6. The quantitative estimate of drug-likeness (QED) is 0.816. The van der Waals surface area contributed by atoms with Crippen LogP contribution in [0.2, 0.25) is 0 Å². The van der Waals surface area contributed by atoms with Crippen LogP contribution in [0.1, 0.15) is 5.56 Å². The molecule has 1 unspecified atom stereocenters. The average molecular weight is 275 g/mol. The van der Waals surface area contributed by atoms with E-state index in [1.54, 1.807) is 30.4 Å². The molecule has 1 N–H and O–H groups in total. The van der Waals surface area contributed by atoms with Gasteiger partial charge in [0.05, 0.1) is 5.92 Å². The predicted octanol–water partition coefficient (Wildman–Crippen LogP) is 3.00. The maximum absolute atomic E-state index is 12.7. The fourth-order valence-corrected chi connectivity index (χ4v) is 1.85. The largest absolute Gasteiger partial charge is 0.351 e. The number of hydrogen-bond donors (Lipinski definition) is 2. The molecule has 1 aliphatic carbocycles. The molecule has 2 nitrogen and oxygen atoms in total. The summed E-state index contributed by atoms with van der Waals surface area (Å²) in [6, 6.07) is 6.07. The molecule has 0 fully saturated rings. The first-order chi connectivity index (χ1) is 9.15. The highest BCUT2D eigenvalue weighted by Crippen LogP contribution is 2.13. The topological polar surface area (TPSA) is 29.1 Å². The van der Waals surface area contributed by atoms with Crippen LogP contribution in [0.3, 0.4) is 0 Å². The zero-order chi connectivity index (χ0) is 13.7. The Hall–Kier alpha value is -1.81. The van der Waals surface area contributed by atoms with Gasteiger partial charge in [-0.05, 0) is 23.8 Å². The third-order valence-electron chi connectivity index (χ3n) is 2.74. The molecule has 1 aliphatic rings. The van der Waals surface area contributed by atoms with Crippen LogP contribution >= 0.6 is 12.6 Å². The third kappa shape index (κ3) is 4.10. The van der Waals surface area contributed by atoms with E-state index in [1.807, 2.05) is 12.2 Å². The second-order valence-electron chi connectivity index (χ2n) is 4.21. The molecular formula is C15H14FNOS. The first-order valence-corrected chi connectivity index (χ1v) is 6.38. The summed E-state index contributed by atoms with van der Waals surface area (Å²) in [5.74, 6) is -0.674. The van der Waals surface area contributed by atoms with E-state index >= 15 is 0 Å². The number of halogens is 1. The summed E-state index contributed by atoms with van der Waals surface area (Å²) in [6.07, 6.45) is 9.03. The second-order valence-corrected chi connectivity index (χ2v) is 4.72. The van der Waals surface area contributed by atoms with Crippen molar-refractivity contribution in [2.45, 2.75) is 6.54 Å². The average Bonchev–Trinajstić information content (AvgIpc) is 2.63. The number of carbonyl (C=O) groups excluding carboxylic acids is 1. The Bertz CT molecular complexity index is 546. The smallest absolute Gasteiger partial charge is 0.231 e. The highest BCUT2D eigenvalue weighted by molar-refractivity contribution is 7.84. The van der Waals surface area contributed by atoms with E-state index < -0.39 is 0 Å². The van der Waals surface area contributed by atoms with Crippen molar-refractivity contribution in [2.75, 3.05) is 0 Å². The van der Waals surface area contributed by atoms with Gasteiger partial charge in [-0.2, -0.15) is 0 Å². The Kier molecular flexibility index (Phi) is 4.58. The van der Waals surface area contributed by atoms with Crippen molar-refractivity contribution in [3.63, 3.8) is 0 Å². The normalized spacial score (nSPS) is 17.8. The van der Waals surface area contributed by atoms with Crippen LogP contribution in [-0.4, -0.2) is 5.91 Å². The van der Waals surface area contributed by atoms with Gasteiger partial charge in [0.15, 0.2) is 0 Å². The Morgan fingerprint density at radius 1 is 1.26 bits per heavy atom. The molecule has 0 bridgehead atoms. The van der Waals surface area contributed by atoms with E-state index in [-0.39, 0.29) is 17.6 Å². The van der Waals surface area contributed by atoms with E-state index in [4.69, 9.17) is 0 Å². The molecule has 4 heteroatoms. The number of thiol groups is 1. The lowest BCUT2D eigenvalue weighted by molar-refractivity contribution is -0.122. The molecule has 1 atom stereocenters. The molecule has 19 heavy (non-hydrogen) atoms. The number of amides is 1. The standard InChI is InChI=1S/C15H14FNOS/c16-13-7-4-11(5-8-13)10-17-15(18)12-2-1-3-14(19)9-6-12/h1-9,12,19H,10H2,(H,17,18). The van der Waals surface area contributed by atoms with Crippen LogP contribution in [-0.2, 0) is 11.3 Å². The summed E-state index contributed by atoms with van der Waals surface area (Å²) < 4.78 is 12.7. The van der Waals surface area contributed by atoms with E-state index in [1.165, 1.54) is 12.1 Å². The molecule has 1 aromatic rings. The van der Waals surface area contributed by atoms with Gasteiger partial charge in [-0.15, -0.1) is 12.6 Å². The lowest BCUT2D eigenvalue weighted by atomic mass is 10.1. The zero-order valence-electron chi connectivity index (χ0n) is 10.2. The SMILES string of the molecule is O=C(NCc1ccc(F)cc1)C1C=CC=C(S)C=C1. The summed E-state index contributed by atoms with van der Waals surface area (Å²) in [5.41, 5.74) is 0.865. The van der Waals surface area contributed by atoms with Gasteiger partial charge in [0, 0.05) is 11.4 Å². The van der Waals surface area contributed by atoms with Crippen molar-refractivity contribution in [1.29, 1.82) is 0 Å². The Morgan fingerprint density at radius 2 is 2.00 bits per heavy atom. The van der Waals surface area contributed by atoms with Crippen LogP contribution in [0.4, 0.5) is 4.39 Å². The molecule has 0 aromatic heterocycles. The number of benzene rings is 1. The monoisotopic (exact) mass is 275 g/mol. The molecule has 1 aromatic carbocycles. The zero-order valence-corrected chi connectivity index (χ0v) is 11.1. The van der Waals surface area contributed by atoms with Crippen LogP contribution in [0.5, 0.6) is 0 Å². The molecule has 0 spiro atoms. The summed E-state index contributed by atoms with van der Waals surface area (Å²) >= 11 is 4.21. The molecule has 1 amide bonds. The number of hydrogen-bond acceptors (Lipinski definition) is 2. The van der Waals surface area contributed by atoms with Crippen molar-refractivity contribution in [2.24, 2.45) is 5.92 Å². The van der Waals surface area contributed by atoms with E-state index in [2.05, 4.69) is 17.9 Å². The molecule has 0 saturated carbocycles. The fourth-order valence-electron chi connectivity index (χ4n) is 1.68. The molecule has 0 saturated heterocycles. The minimum Gasteiger partial charge on any atom is -0.351 e. The Balaban J connectivity index is 1.91. The fraction of sp³-hybridized carbons (Fsp3) is 0.133. The molecule has 98 valence electrons. The van der Waals surface area contributed by atoms with Crippen LogP contribution in [0, 0.1) is 11.7 Å². The predicted molar refractivity (Wildman–Crippen MR) is 77.1 cm³/mol. The summed E-state index contributed by atoms with van der Waals surface area (Å²) in [4.78, 5) is 12.8. The van der Waals surface area contributed by atoms with Gasteiger partial charge in [0.2, 0.25) is 5.91 Å². The van der Waals surface area contributed by atoms with Gasteiger partial charge in [-0.1, -0.05) is 36.4 Å². The lowest BCUT2D eigenvalue weighted by Crippen LogP contribution is -2.28. The van der Waals surface area contributed by atoms with Crippen molar-refractivity contribution < 1.29 is 9.18 Å². The highest BCUT2D eigenvalue weighted by atomic mass is 32.1. The van der Waals surface area contributed by atoms with Crippen LogP contribution in [0.25, 0.3) is 0 Å². The number of rotatable bonds is 3. The van der Waals surface area contributed by atoms with Crippen molar-refractivity contribution in [3.05, 3.63) is 70.9 Å². The molecular weight excluding hydrogens is 261 g/mol. The Morgan fingerprint density at radius 3 is 2.74 bits per heavy atom. The number of nitrogens with one attached hydrogen (secondary N) is 1. The summed E-state index contributed by atoms with van der Waals surface area (Å²) in [7, 11) is 0. The lowest BCUT2D eigenvalue weighted by Gasteiger charge is -2.09. The van der Waals surface area contributed by atoms with Crippen LogP contribution in [0.15, 0.2) is 59.6 Å². The van der Waals surface area contributed by atoms with Crippen LogP contribution < -0.4 is 5.32 Å². The van der Waals surface area contributed by atoms with Crippen molar-refractivity contribution >= 4 is 18.5 Å². The van der Waals surface area contributed by atoms with Crippen molar-refractivity contribution in [3.8, 4) is 0 Å². The van der Waals surface area contributed by atoms with E-state index in [0.29, 0.717) is 6.54 Å². The van der Waals surface area contributed by atoms with Crippen molar-refractivity contribution in [1.82, 2.24) is 5.32 Å². The van der Waals surface area contributed by atoms with E-state index in [0.717, 1.165) is 10.5 Å². The minimum absolute atomic E-state index is 0.0896. The number of carbonyl (C=O) groups is 1. The summed E-state index contributed by atoms with van der Waals surface area (Å²) in [5, 5.41) is 2.82. The van der Waals surface area contributed by atoms with E-state index in [9.17, 15) is 9.18 Å². The maximum atomic E-state index is 12.7. The van der Waals surface area contributed by atoms with Gasteiger partial charge in [-0.3, -0.25) is 4.79 Å². The highest BCUT2D eigenvalue weighted by Gasteiger charge is 2.12. The molecule has 2 rings (SSSR count). The minimum atomic E-state index is -0.304. The Labute approximate surface area is 117 Å². The van der Waals surface area contributed by atoms with Gasteiger partial charge in [0.25, 0.3) is 0 Å². The molecule has 0 radical (unpaired) electrons. The molecule has 0 aliphatic heterocycles. The van der Waals surface area contributed by atoms with Gasteiger partial charge < -0.3 is 5.32 Å². The van der Waals surface area contributed by atoms with Gasteiger partial charge >= 0.3 is 0 Å². The second kappa shape index (κ2) is 6.38. The van der Waals surface area contributed by atoms with Gasteiger partial charge in [-0.25, -0.2) is 4.39 Å². The number of allylic oxidation sites excluding steroid dienone is 3.